The monoisotopic (exact) mass is 605 g/mol. The van der Waals surface area contributed by atoms with Crippen LogP contribution in [0.4, 0.5) is 5.69 Å². The van der Waals surface area contributed by atoms with E-state index in [9.17, 15) is 14.4 Å². The Morgan fingerprint density at radius 2 is 1.50 bits per heavy atom. The Bertz CT molecular complexity index is 1440. The highest BCUT2D eigenvalue weighted by molar-refractivity contribution is 9.10. The van der Waals surface area contributed by atoms with Gasteiger partial charge in [0.05, 0.1) is 4.47 Å². The first kappa shape index (κ1) is 28.3. The maximum atomic E-state index is 13.5. The zero-order valence-electron chi connectivity index (χ0n) is 24.0. The molecule has 210 valence electrons. The van der Waals surface area contributed by atoms with Gasteiger partial charge >= 0.3 is 0 Å². The molecule has 0 spiro atoms. The van der Waals surface area contributed by atoms with Gasteiger partial charge in [0.25, 0.3) is 5.91 Å². The van der Waals surface area contributed by atoms with Crippen molar-refractivity contribution in [3.63, 3.8) is 0 Å². The van der Waals surface area contributed by atoms with Crippen LogP contribution in [0.5, 0.6) is 5.75 Å². The van der Waals surface area contributed by atoms with Gasteiger partial charge in [-0.1, -0.05) is 39.8 Å². The molecule has 40 heavy (non-hydrogen) atoms. The second-order valence-electron chi connectivity index (χ2n) is 12.9. The van der Waals surface area contributed by atoms with Gasteiger partial charge in [-0.15, -0.1) is 0 Å². The molecule has 0 atom stereocenters. The fourth-order valence-corrected chi connectivity index (χ4v) is 6.49. The van der Waals surface area contributed by atoms with Gasteiger partial charge in [0.1, 0.15) is 17.3 Å². The molecule has 3 aliphatic rings. The number of amides is 1. The fourth-order valence-electron chi connectivity index (χ4n) is 5.98. The van der Waals surface area contributed by atoms with Crippen LogP contribution in [0.3, 0.4) is 0 Å². The molecule has 0 aromatic heterocycles. The summed E-state index contributed by atoms with van der Waals surface area (Å²) in [5, 5.41) is 2.87. The van der Waals surface area contributed by atoms with E-state index in [1.165, 1.54) is 0 Å². The molecule has 7 heteroatoms. The van der Waals surface area contributed by atoms with E-state index in [1.54, 1.807) is 6.07 Å². The summed E-state index contributed by atoms with van der Waals surface area (Å²) < 4.78 is 12.9. The molecule has 2 aromatic rings. The van der Waals surface area contributed by atoms with Gasteiger partial charge < -0.3 is 14.8 Å². The molecule has 1 aliphatic heterocycles. The van der Waals surface area contributed by atoms with Crippen molar-refractivity contribution in [1.82, 2.24) is 0 Å². The Morgan fingerprint density at radius 1 is 0.900 bits per heavy atom. The summed E-state index contributed by atoms with van der Waals surface area (Å²) in [4.78, 5) is 39.6. The smallest absolute Gasteiger partial charge is 0.262 e. The summed E-state index contributed by atoms with van der Waals surface area (Å²) in [7, 11) is 0. The summed E-state index contributed by atoms with van der Waals surface area (Å²) >= 11 is 3.60. The molecule has 5 rings (SSSR count). The topological polar surface area (TPSA) is 81.7 Å². The van der Waals surface area contributed by atoms with Crippen LogP contribution >= 0.6 is 15.9 Å². The summed E-state index contributed by atoms with van der Waals surface area (Å²) in [6, 6.07) is 11.3. The molecule has 0 unspecified atom stereocenters. The van der Waals surface area contributed by atoms with Crippen molar-refractivity contribution < 1.29 is 23.9 Å². The van der Waals surface area contributed by atoms with Crippen molar-refractivity contribution in [3.8, 4) is 5.75 Å². The highest BCUT2D eigenvalue weighted by Gasteiger charge is 2.47. The van der Waals surface area contributed by atoms with E-state index < -0.39 is 5.92 Å². The van der Waals surface area contributed by atoms with E-state index in [1.807, 2.05) is 44.2 Å². The van der Waals surface area contributed by atoms with Gasteiger partial charge in [0.15, 0.2) is 18.2 Å². The van der Waals surface area contributed by atoms with Crippen LogP contribution in [-0.2, 0) is 19.1 Å². The van der Waals surface area contributed by atoms with Gasteiger partial charge in [-0.05, 0) is 81.6 Å². The summed E-state index contributed by atoms with van der Waals surface area (Å²) in [6.07, 6.45) is 2.11. The van der Waals surface area contributed by atoms with E-state index in [-0.39, 0.29) is 34.9 Å². The molecule has 1 amide bonds. The maximum absolute atomic E-state index is 13.5. The maximum Gasteiger partial charge on any atom is 0.262 e. The van der Waals surface area contributed by atoms with E-state index in [4.69, 9.17) is 9.47 Å². The standard InChI is InChI=1S/C33H36BrNO5/c1-18-7-9-21(11-19(18)2)35-28(38)17-39-25-10-8-20(12-22(25)34)29-30-23(36)13-32(3,4)15-26(30)40-27-16-33(5,6)14-24(37)31(27)29/h7-12,29H,13-17H2,1-6H3,(H,35,38). The van der Waals surface area contributed by atoms with Gasteiger partial charge in [0.2, 0.25) is 0 Å². The van der Waals surface area contributed by atoms with Crippen molar-refractivity contribution in [2.45, 2.75) is 73.1 Å². The lowest BCUT2D eigenvalue weighted by Gasteiger charge is -2.42. The number of carbonyl (C=O) groups excluding carboxylic acids is 3. The molecule has 2 aromatic carbocycles. The molecular weight excluding hydrogens is 570 g/mol. The number of ether oxygens (including phenoxy) is 2. The van der Waals surface area contributed by atoms with Gasteiger partial charge in [0, 0.05) is 48.4 Å². The Morgan fingerprint density at radius 3 is 2.05 bits per heavy atom. The number of Topliss-reactive ketones (excluding diaryl/α,β-unsaturated/α-hetero) is 2. The van der Waals surface area contributed by atoms with Crippen LogP contribution in [0.1, 0.15) is 76.0 Å². The molecule has 1 heterocycles. The van der Waals surface area contributed by atoms with Crippen molar-refractivity contribution in [1.29, 1.82) is 0 Å². The number of halogens is 1. The Kier molecular flexibility index (Phi) is 7.32. The Hall–Kier alpha value is -3.19. The quantitative estimate of drug-likeness (QED) is 0.382. The zero-order valence-corrected chi connectivity index (χ0v) is 25.6. The van der Waals surface area contributed by atoms with E-state index in [0.717, 1.165) is 22.4 Å². The average Bonchev–Trinajstić information content (AvgIpc) is 2.82. The third-order valence-electron chi connectivity index (χ3n) is 8.02. The molecule has 0 saturated heterocycles. The van der Waals surface area contributed by atoms with Crippen molar-refractivity contribution in [2.75, 3.05) is 11.9 Å². The minimum Gasteiger partial charge on any atom is -0.483 e. The van der Waals surface area contributed by atoms with E-state index in [2.05, 4.69) is 48.9 Å². The van der Waals surface area contributed by atoms with Crippen LogP contribution in [0, 0.1) is 24.7 Å². The van der Waals surface area contributed by atoms with Crippen LogP contribution in [-0.4, -0.2) is 24.1 Å². The largest absolute Gasteiger partial charge is 0.483 e. The number of benzene rings is 2. The first-order valence-electron chi connectivity index (χ1n) is 13.7. The van der Waals surface area contributed by atoms with Crippen LogP contribution in [0.25, 0.3) is 0 Å². The lowest BCUT2D eigenvalue weighted by molar-refractivity contribution is -0.120. The molecule has 2 aliphatic carbocycles. The van der Waals surface area contributed by atoms with Crippen LogP contribution in [0.2, 0.25) is 0 Å². The molecular formula is C33H36BrNO5. The highest BCUT2D eigenvalue weighted by Crippen LogP contribution is 2.53. The molecule has 6 nitrogen and oxygen atoms in total. The fraction of sp³-hybridized carbons (Fsp3) is 0.424. The number of ketones is 2. The first-order chi connectivity index (χ1) is 18.7. The molecule has 0 saturated carbocycles. The summed E-state index contributed by atoms with van der Waals surface area (Å²) in [5.41, 5.74) is 4.58. The molecule has 0 bridgehead atoms. The Balaban J connectivity index is 1.42. The van der Waals surface area contributed by atoms with Gasteiger partial charge in [-0.3, -0.25) is 14.4 Å². The number of aryl methyl sites for hydroxylation is 2. The summed E-state index contributed by atoms with van der Waals surface area (Å²) in [6.45, 7) is 12.2. The highest BCUT2D eigenvalue weighted by atomic mass is 79.9. The number of hydrogen-bond donors (Lipinski definition) is 1. The predicted molar refractivity (Wildman–Crippen MR) is 158 cm³/mol. The SMILES string of the molecule is Cc1ccc(NC(=O)COc2ccc(C3C4=C(CC(C)(C)CC4=O)OC4=C3C(=O)CC(C)(C)C4)cc2Br)cc1C. The van der Waals surface area contributed by atoms with Gasteiger partial charge in [-0.25, -0.2) is 0 Å². The number of nitrogens with one attached hydrogen (secondary N) is 1. The van der Waals surface area contributed by atoms with Crippen molar-refractivity contribution in [2.24, 2.45) is 10.8 Å². The second-order valence-corrected chi connectivity index (χ2v) is 13.8. The average molecular weight is 607 g/mol. The lowest BCUT2D eigenvalue weighted by atomic mass is 9.65. The number of allylic oxidation sites excluding steroid dienone is 4. The minimum atomic E-state index is -0.482. The van der Waals surface area contributed by atoms with Crippen LogP contribution < -0.4 is 10.1 Å². The lowest BCUT2D eigenvalue weighted by Crippen LogP contribution is -2.37. The third-order valence-corrected chi connectivity index (χ3v) is 8.64. The number of hydrogen-bond acceptors (Lipinski definition) is 5. The predicted octanol–water partition coefficient (Wildman–Crippen LogP) is 7.48. The number of carbonyl (C=O) groups is 3. The van der Waals surface area contributed by atoms with Crippen molar-refractivity contribution >= 4 is 39.1 Å². The number of rotatable bonds is 5. The first-order valence-corrected chi connectivity index (χ1v) is 14.5. The zero-order chi connectivity index (χ0) is 29.0. The van der Waals surface area contributed by atoms with E-state index in [0.29, 0.717) is 58.6 Å². The molecule has 0 fully saturated rings. The van der Waals surface area contributed by atoms with Crippen molar-refractivity contribution in [3.05, 3.63) is 80.2 Å². The van der Waals surface area contributed by atoms with Gasteiger partial charge in [-0.2, -0.15) is 0 Å². The van der Waals surface area contributed by atoms with Crippen LogP contribution in [0.15, 0.2) is 63.5 Å². The normalized spacial score (nSPS) is 20.1. The minimum absolute atomic E-state index is 0.0277. The third kappa shape index (κ3) is 5.67. The second kappa shape index (κ2) is 10.3. The van der Waals surface area contributed by atoms with E-state index >= 15 is 0 Å². The molecule has 1 N–H and O–H groups in total. The Labute approximate surface area is 244 Å². The number of anilines is 1. The molecule has 0 radical (unpaired) electrons. The summed E-state index contributed by atoms with van der Waals surface area (Å²) in [5.74, 6) is 1.19.